The molecule has 1 N–H and O–H groups in total. The number of carbonyl (C=O) groups is 1. The van der Waals surface area contributed by atoms with Gasteiger partial charge >= 0.3 is 5.97 Å². The van der Waals surface area contributed by atoms with Crippen LogP contribution < -0.4 is 0 Å². The molecule has 10 heavy (non-hydrogen) atoms. The third-order valence-corrected chi connectivity index (χ3v) is 2.03. The summed E-state index contributed by atoms with van der Waals surface area (Å²) in [5, 5.41) is 8.35. The Kier molecular flexibility index (Phi) is 5.12. The van der Waals surface area contributed by atoms with E-state index in [-0.39, 0.29) is 0 Å². The third-order valence-electron chi connectivity index (χ3n) is 0.963. The molecule has 0 aliphatic rings. The van der Waals surface area contributed by atoms with Gasteiger partial charge in [-0.05, 0) is 17.1 Å². The van der Waals surface area contributed by atoms with Gasteiger partial charge in [-0.2, -0.15) is 0 Å². The van der Waals surface area contributed by atoms with Crippen LogP contribution in [0.5, 0.6) is 0 Å². The monoisotopic (exact) mass is 160 g/mol. The Morgan fingerprint density at radius 2 is 2.20 bits per heavy atom. The molecule has 0 unspecified atom stereocenters. The number of aliphatic carboxylic acids is 1. The van der Waals surface area contributed by atoms with Gasteiger partial charge in [0.25, 0.3) is 0 Å². The highest BCUT2D eigenvalue weighted by Crippen LogP contribution is 2.17. The second-order valence-corrected chi connectivity index (χ2v) is 3.13. The van der Waals surface area contributed by atoms with E-state index in [1.165, 1.54) is 6.08 Å². The van der Waals surface area contributed by atoms with Crippen molar-refractivity contribution in [2.45, 2.75) is 20.3 Å². The van der Waals surface area contributed by atoms with Gasteiger partial charge in [0.15, 0.2) is 0 Å². The zero-order valence-corrected chi connectivity index (χ0v) is 7.07. The molecule has 2 nitrogen and oxygen atoms in total. The van der Waals surface area contributed by atoms with E-state index in [1.807, 2.05) is 13.8 Å². The Bertz CT molecular complexity index is 141. The van der Waals surface area contributed by atoms with Crippen LogP contribution in [0.15, 0.2) is 11.0 Å². The molecule has 0 aromatic carbocycles. The number of thioether (sulfide) groups is 1. The molecule has 0 amide bonds. The molecule has 0 heterocycles. The van der Waals surface area contributed by atoms with Crippen molar-refractivity contribution in [1.29, 1.82) is 0 Å². The van der Waals surface area contributed by atoms with Gasteiger partial charge in [0.05, 0.1) is 0 Å². The number of hydrogen-bond donors (Lipinski definition) is 1. The van der Waals surface area contributed by atoms with Crippen LogP contribution in [0.1, 0.15) is 20.3 Å². The molecule has 0 fully saturated rings. The Hall–Kier alpha value is -0.440. The topological polar surface area (TPSA) is 37.3 Å². The van der Waals surface area contributed by atoms with Crippen LogP contribution in [-0.4, -0.2) is 16.8 Å². The molecular weight excluding hydrogens is 148 g/mol. The lowest BCUT2D eigenvalue weighted by Crippen LogP contribution is -1.89. The predicted molar refractivity (Wildman–Crippen MR) is 44.1 cm³/mol. The summed E-state index contributed by atoms with van der Waals surface area (Å²) in [5.41, 5.74) is 0. The second-order valence-electron chi connectivity index (χ2n) is 1.74. The number of hydrogen-bond acceptors (Lipinski definition) is 2. The molecule has 3 heteroatoms. The molecule has 0 saturated carbocycles. The lowest BCUT2D eigenvalue weighted by Gasteiger charge is -1.97. The highest BCUT2D eigenvalue weighted by Gasteiger charge is 1.95. The van der Waals surface area contributed by atoms with Crippen LogP contribution >= 0.6 is 11.8 Å². The smallest absolute Gasteiger partial charge is 0.329 e. The van der Waals surface area contributed by atoms with Crippen molar-refractivity contribution in [2.24, 2.45) is 0 Å². The summed E-state index contributed by atoms with van der Waals surface area (Å²) in [7, 11) is 0. The summed E-state index contributed by atoms with van der Waals surface area (Å²) in [4.78, 5) is 11.1. The van der Waals surface area contributed by atoms with Gasteiger partial charge in [-0.25, -0.2) is 4.79 Å². The molecule has 0 aliphatic heterocycles. The molecule has 0 aliphatic carbocycles. The van der Waals surface area contributed by atoms with Crippen LogP contribution in [0.4, 0.5) is 0 Å². The Labute approximate surface area is 65.3 Å². The quantitative estimate of drug-likeness (QED) is 0.640. The van der Waals surface area contributed by atoms with Gasteiger partial charge in [0, 0.05) is 6.08 Å². The molecule has 0 spiro atoms. The average Bonchev–Trinajstić information content (AvgIpc) is 1.86. The van der Waals surface area contributed by atoms with Crippen molar-refractivity contribution >= 4 is 17.7 Å². The second kappa shape index (κ2) is 5.35. The van der Waals surface area contributed by atoms with Gasteiger partial charge in [-0.1, -0.05) is 13.8 Å². The average molecular weight is 160 g/mol. The van der Waals surface area contributed by atoms with Crippen molar-refractivity contribution in [3.8, 4) is 0 Å². The molecule has 58 valence electrons. The van der Waals surface area contributed by atoms with E-state index in [2.05, 4.69) is 0 Å². The largest absolute Gasteiger partial charge is 0.478 e. The fraction of sp³-hybridized carbons (Fsp3) is 0.571. The van der Waals surface area contributed by atoms with Crippen LogP contribution in [0.25, 0.3) is 0 Å². The van der Waals surface area contributed by atoms with Crippen LogP contribution in [0.3, 0.4) is 0 Å². The minimum atomic E-state index is -0.849. The summed E-state index contributed by atoms with van der Waals surface area (Å²) in [6.45, 7) is 3.97. The molecule has 0 radical (unpaired) electrons. The first kappa shape index (κ1) is 9.56. The van der Waals surface area contributed by atoms with E-state index in [0.717, 1.165) is 17.1 Å². The molecule has 0 saturated heterocycles. The standard InChI is InChI=1S/C7H12O2S/c1-3-6(10-4-2)5-7(8)9/h5H,3-4H2,1-2H3,(H,8,9)/b6-5+. The van der Waals surface area contributed by atoms with Crippen molar-refractivity contribution in [2.75, 3.05) is 5.75 Å². The lowest BCUT2D eigenvalue weighted by molar-refractivity contribution is -0.131. The van der Waals surface area contributed by atoms with E-state index in [4.69, 9.17) is 5.11 Å². The SMILES string of the molecule is CCS/C(=C/C(=O)O)CC. The van der Waals surface area contributed by atoms with Gasteiger partial charge in [0.2, 0.25) is 0 Å². The summed E-state index contributed by atoms with van der Waals surface area (Å²) < 4.78 is 0. The first-order valence-electron chi connectivity index (χ1n) is 3.27. The Morgan fingerprint density at radius 3 is 2.50 bits per heavy atom. The lowest BCUT2D eigenvalue weighted by atomic mass is 10.4. The number of rotatable bonds is 4. The number of carboxylic acids is 1. The summed E-state index contributed by atoms with van der Waals surface area (Å²) in [6, 6.07) is 0. The third kappa shape index (κ3) is 4.44. The van der Waals surface area contributed by atoms with Crippen LogP contribution in [0.2, 0.25) is 0 Å². The van der Waals surface area contributed by atoms with E-state index >= 15 is 0 Å². The summed E-state index contributed by atoms with van der Waals surface area (Å²) >= 11 is 1.58. The minimum Gasteiger partial charge on any atom is -0.478 e. The maximum Gasteiger partial charge on any atom is 0.329 e. The highest BCUT2D eigenvalue weighted by atomic mass is 32.2. The van der Waals surface area contributed by atoms with Crippen molar-refractivity contribution in [3.63, 3.8) is 0 Å². The van der Waals surface area contributed by atoms with E-state index < -0.39 is 5.97 Å². The van der Waals surface area contributed by atoms with Gasteiger partial charge in [-0.15, -0.1) is 11.8 Å². The maximum absolute atomic E-state index is 10.2. The van der Waals surface area contributed by atoms with E-state index in [0.29, 0.717) is 0 Å². The molecule has 0 bridgehead atoms. The van der Waals surface area contributed by atoms with Gasteiger partial charge in [0.1, 0.15) is 0 Å². The highest BCUT2D eigenvalue weighted by molar-refractivity contribution is 8.03. The molecule has 0 atom stereocenters. The fourth-order valence-corrected chi connectivity index (χ4v) is 1.33. The number of carboxylic acid groups (broad SMARTS) is 1. The van der Waals surface area contributed by atoms with Crippen LogP contribution in [-0.2, 0) is 4.79 Å². The zero-order chi connectivity index (χ0) is 7.98. The normalized spacial score (nSPS) is 11.6. The molecular formula is C7H12O2S. The summed E-state index contributed by atoms with van der Waals surface area (Å²) in [5.74, 6) is 0.0882. The van der Waals surface area contributed by atoms with Crippen molar-refractivity contribution < 1.29 is 9.90 Å². The van der Waals surface area contributed by atoms with Crippen LogP contribution in [0, 0.1) is 0 Å². The number of allylic oxidation sites excluding steroid dienone is 1. The van der Waals surface area contributed by atoms with Crippen molar-refractivity contribution in [1.82, 2.24) is 0 Å². The first-order chi connectivity index (χ1) is 4.70. The maximum atomic E-state index is 10.2. The van der Waals surface area contributed by atoms with E-state index in [1.54, 1.807) is 11.8 Å². The van der Waals surface area contributed by atoms with E-state index in [9.17, 15) is 4.79 Å². The van der Waals surface area contributed by atoms with Crippen molar-refractivity contribution in [3.05, 3.63) is 11.0 Å². The Morgan fingerprint density at radius 1 is 1.60 bits per heavy atom. The first-order valence-corrected chi connectivity index (χ1v) is 4.25. The molecule has 0 rings (SSSR count). The fourth-order valence-electron chi connectivity index (χ4n) is 0.569. The summed E-state index contributed by atoms with van der Waals surface area (Å²) in [6.07, 6.45) is 2.08. The predicted octanol–water partition coefficient (Wildman–Crippen LogP) is 2.12. The molecule has 0 aromatic rings. The Balaban J connectivity index is 3.91. The molecule has 0 aromatic heterocycles. The van der Waals surface area contributed by atoms with Gasteiger partial charge < -0.3 is 5.11 Å². The van der Waals surface area contributed by atoms with Gasteiger partial charge in [-0.3, -0.25) is 0 Å². The zero-order valence-electron chi connectivity index (χ0n) is 6.26. The minimum absolute atomic E-state index is 0.810.